The van der Waals surface area contributed by atoms with Gasteiger partial charge in [0.1, 0.15) is 6.54 Å². The fraction of sp³-hybridized carbons (Fsp3) is 1.00. The summed E-state index contributed by atoms with van der Waals surface area (Å²) >= 11 is 0. The minimum absolute atomic E-state index is 0. The third-order valence-electron chi connectivity index (χ3n) is 3.06. The van der Waals surface area contributed by atoms with Gasteiger partial charge in [0.25, 0.3) is 0 Å². The molecule has 0 aliphatic heterocycles. The van der Waals surface area contributed by atoms with Crippen molar-refractivity contribution in [3.63, 3.8) is 0 Å². The van der Waals surface area contributed by atoms with Gasteiger partial charge in [-0.15, -0.1) is 0 Å². The number of hydrogen-bond acceptors (Lipinski definition) is 3. The Kier molecular flexibility index (Phi) is 12.9. The highest BCUT2D eigenvalue weighted by molar-refractivity contribution is 4.44. The standard InChI is InChI=1S/C12H29N2O2.ClH/c1-6-14(4,8-7-13(2)3)9-10-16-12-11-15-5;/h6-12H2,1-5H3;1H/q+1;/p-1. The van der Waals surface area contributed by atoms with Crippen LogP contribution in [0.2, 0.25) is 0 Å². The fourth-order valence-corrected chi connectivity index (χ4v) is 1.40. The van der Waals surface area contributed by atoms with E-state index in [0.717, 1.165) is 30.7 Å². The van der Waals surface area contributed by atoms with Crippen LogP contribution in [0, 0.1) is 0 Å². The van der Waals surface area contributed by atoms with Gasteiger partial charge < -0.3 is 31.3 Å². The first-order chi connectivity index (χ1) is 7.54. The summed E-state index contributed by atoms with van der Waals surface area (Å²) in [5.41, 5.74) is 0. The summed E-state index contributed by atoms with van der Waals surface area (Å²) in [6.45, 7) is 8.99. The molecule has 1 atom stereocenters. The molecule has 4 nitrogen and oxygen atoms in total. The predicted octanol–water partition coefficient (Wildman–Crippen LogP) is -2.32. The van der Waals surface area contributed by atoms with E-state index >= 15 is 0 Å². The molecular formula is C12H29ClN2O2. The maximum atomic E-state index is 5.52. The molecule has 0 spiro atoms. The normalized spacial score (nSPS) is 14.5. The Balaban J connectivity index is 0. The zero-order chi connectivity index (χ0) is 12.4. The molecule has 0 amide bonds. The van der Waals surface area contributed by atoms with E-state index in [9.17, 15) is 0 Å². The van der Waals surface area contributed by atoms with E-state index in [1.54, 1.807) is 7.11 Å². The number of ether oxygens (including phenoxy) is 2. The molecule has 0 bridgehead atoms. The molecule has 0 aliphatic carbocycles. The molecule has 0 aliphatic rings. The second-order valence-electron chi connectivity index (χ2n) is 4.79. The van der Waals surface area contributed by atoms with Gasteiger partial charge in [-0.05, 0) is 21.0 Å². The van der Waals surface area contributed by atoms with Crippen LogP contribution in [0.5, 0.6) is 0 Å². The van der Waals surface area contributed by atoms with Crippen molar-refractivity contribution in [1.29, 1.82) is 0 Å². The third-order valence-corrected chi connectivity index (χ3v) is 3.06. The average Bonchev–Trinajstić information content (AvgIpc) is 2.26. The van der Waals surface area contributed by atoms with Crippen LogP contribution in [0.4, 0.5) is 0 Å². The molecular weight excluding hydrogens is 240 g/mol. The van der Waals surface area contributed by atoms with Gasteiger partial charge in [0.2, 0.25) is 0 Å². The predicted molar refractivity (Wildman–Crippen MR) is 67.7 cm³/mol. The van der Waals surface area contributed by atoms with E-state index in [1.807, 2.05) is 0 Å². The zero-order valence-corrected chi connectivity index (χ0v) is 12.8. The lowest BCUT2D eigenvalue weighted by atomic mass is 10.3. The lowest BCUT2D eigenvalue weighted by Gasteiger charge is -2.34. The summed E-state index contributed by atoms with van der Waals surface area (Å²) in [6, 6.07) is 0. The first-order valence-corrected chi connectivity index (χ1v) is 6.09. The quantitative estimate of drug-likeness (QED) is 0.328. The first kappa shape index (κ1) is 19.5. The van der Waals surface area contributed by atoms with Crippen molar-refractivity contribution in [1.82, 2.24) is 4.90 Å². The fourth-order valence-electron chi connectivity index (χ4n) is 1.40. The molecule has 0 fully saturated rings. The molecule has 106 valence electrons. The number of hydrogen-bond donors (Lipinski definition) is 0. The number of quaternary nitrogens is 1. The van der Waals surface area contributed by atoms with Gasteiger partial charge in [-0.25, -0.2) is 0 Å². The summed E-state index contributed by atoms with van der Waals surface area (Å²) in [5, 5.41) is 0. The zero-order valence-electron chi connectivity index (χ0n) is 12.0. The topological polar surface area (TPSA) is 21.7 Å². The molecule has 0 rings (SSSR count). The van der Waals surface area contributed by atoms with E-state index in [1.165, 1.54) is 6.54 Å². The number of nitrogens with zero attached hydrogens (tertiary/aromatic N) is 2. The van der Waals surface area contributed by atoms with Crippen molar-refractivity contribution in [3.8, 4) is 0 Å². The molecule has 17 heavy (non-hydrogen) atoms. The van der Waals surface area contributed by atoms with Crippen LogP contribution in [0.3, 0.4) is 0 Å². The summed E-state index contributed by atoms with van der Waals surface area (Å²) in [4.78, 5) is 2.23. The molecule has 0 N–H and O–H groups in total. The maximum absolute atomic E-state index is 5.52. The summed E-state index contributed by atoms with van der Waals surface area (Å²) in [7, 11) is 8.24. The minimum atomic E-state index is 0. The molecule has 1 unspecified atom stereocenters. The van der Waals surface area contributed by atoms with E-state index in [-0.39, 0.29) is 12.4 Å². The smallest absolute Gasteiger partial charge is 0.102 e. The summed E-state index contributed by atoms with van der Waals surface area (Å²) in [5.74, 6) is 0. The monoisotopic (exact) mass is 268 g/mol. The number of likely N-dealkylation sites (N-methyl/N-ethyl adjacent to an activating group) is 2. The Hall–Kier alpha value is 0.130. The Morgan fingerprint density at radius 1 is 1.06 bits per heavy atom. The van der Waals surface area contributed by atoms with Gasteiger partial charge in [0, 0.05) is 13.7 Å². The Bertz CT molecular complexity index is 171. The Morgan fingerprint density at radius 3 is 2.18 bits per heavy atom. The second kappa shape index (κ2) is 11.2. The summed E-state index contributed by atoms with van der Waals surface area (Å²) < 4.78 is 11.5. The van der Waals surface area contributed by atoms with Crippen LogP contribution in [-0.4, -0.2) is 83.6 Å². The Morgan fingerprint density at radius 2 is 1.71 bits per heavy atom. The van der Waals surface area contributed by atoms with E-state index in [0.29, 0.717) is 13.2 Å². The van der Waals surface area contributed by atoms with Crippen molar-refractivity contribution < 1.29 is 26.4 Å². The highest BCUT2D eigenvalue weighted by atomic mass is 35.5. The number of methoxy groups -OCH3 is 1. The van der Waals surface area contributed by atoms with Crippen LogP contribution in [0.1, 0.15) is 6.92 Å². The largest absolute Gasteiger partial charge is 1.00 e. The van der Waals surface area contributed by atoms with Gasteiger partial charge >= 0.3 is 0 Å². The number of rotatable bonds is 10. The Labute approximate surface area is 113 Å². The SMILES string of the molecule is CC[N+](C)(CCOCCOC)CCN(C)C.[Cl-]. The molecule has 0 radical (unpaired) electrons. The van der Waals surface area contributed by atoms with Crippen molar-refractivity contribution in [2.24, 2.45) is 0 Å². The first-order valence-electron chi connectivity index (χ1n) is 6.09. The molecule has 0 saturated heterocycles. The van der Waals surface area contributed by atoms with E-state index in [4.69, 9.17) is 9.47 Å². The van der Waals surface area contributed by atoms with Crippen molar-refractivity contribution in [3.05, 3.63) is 0 Å². The minimum Gasteiger partial charge on any atom is -1.00 e. The summed E-state index contributed by atoms with van der Waals surface area (Å²) in [6.07, 6.45) is 0. The molecule has 0 aromatic rings. The van der Waals surface area contributed by atoms with Gasteiger partial charge in [0.05, 0.1) is 40.0 Å². The van der Waals surface area contributed by atoms with E-state index in [2.05, 4.69) is 33.0 Å². The third kappa shape index (κ3) is 11.0. The van der Waals surface area contributed by atoms with Crippen LogP contribution >= 0.6 is 0 Å². The lowest BCUT2D eigenvalue weighted by Crippen LogP contribution is -3.00. The van der Waals surface area contributed by atoms with Crippen LogP contribution in [0.25, 0.3) is 0 Å². The van der Waals surface area contributed by atoms with Gasteiger partial charge in [-0.1, -0.05) is 0 Å². The second-order valence-corrected chi connectivity index (χ2v) is 4.79. The molecule has 0 heterocycles. The molecule has 0 saturated carbocycles. The van der Waals surface area contributed by atoms with Crippen LogP contribution in [-0.2, 0) is 9.47 Å². The maximum Gasteiger partial charge on any atom is 0.102 e. The molecule has 0 aromatic carbocycles. The van der Waals surface area contributed by atoms with Gasteiger partial charge in [-0.3, -0.25) is 0 Å². The van der Waals surface area contributed by atoms with Crippen molar-refractivity contribution >= 4 is 0 Å². The lowest BCUT2D eigenvalue weighted by molar-refractivity contribution is -0.907. The van der Waals surface area contributed by atoms with Gasteiger partial charge in [0.15, 0.2) is 0 Å². The average molecular weight is 269 g/mol. The van der Waals surface area contributed by atoms with Crippen molar-refractivity contribution in [2.75, 3.05) is 74.3 Å². The number of halogens is 1. The highest BCUT2D eigenvalue weighted by Gasteiger charge is 2.18. The molecule has 5 heteroatoms. The van der Waals surface area contributed by atoms with Crippen molar-refractivity contribution in [2.45, 2.75) is 6.92 Å². The van der Waals surface area contributed by atoms with Crippen LogP contribution < -0.4 is 12.4 Å². The molecule has 0 aromatic heterocycles. The van der Waals surface area contributed by atoms with E-state index < -0.39 is 0 Å². The van der Waals surface area contributed by atoms with Gasteiger partial charge in [-0.2, -0.15) is 0 Å². The highest BCUT2D eigenvalue weighted by Crippen LogP contribution is 2.01. The van der Waals surface area contributed by atoms with Crippen LogP contribution in [0.15, 0.2) is 0 Å².